The van der Waals surface area contributed by atoms with Crippen LogP contribution < -0.4 is 27.0 Å². The van der Waals surface area contributed by atoms with E-state index in [1.165, 1.54) is 4.90 Å². The normalized spacial score (nSPS) is 23.3. The van der Waals surface area contributed by atoms with Gasteiger partial charge < -0.3 is 31.9 Å². The van der Waals surface area contributed by atoms with Gasteiger partial charge in [-0.15, -0.1) is 0 Å². The van der Waals surface area contributed by atoms with Crippen LogP contribution in [0.25, 0.3) is 0 Å². The van der Waals surface area contributed by atoms with Crippen molar-refractivity contribution in [3.63, 3.8) is 0 Å². The molecule has 0 radical (unpaired) electrons. The zero-order chi connectivity index (χ0) is 37.6. The lowest BCUT2D eigenvalue weighted by molar-refractivity contribution is -0.145. The Morgan fingerprint density at radius 3 is 1.92 bits per heavy atom. The van der Waals surface area contributed by atoms with Crippen LogP contribution in [-0.2, 0) is 29.5 Å². The minimum Gasteiger partial charge on any atom is -0.363 e. The van der Waals surface area contributed by atoms with E-state index in [0.717, 1.165) is 24.8 Å². The molecule has 12 nitrogen and oxygen atoms in total. The van der Waals surface area contributed by atoms with E-state index < -0.39 is 70.1 Å². The quantitative estimate of drug-likeness (QED) is 0.209. The topological polar surface area (TPSA) is 180 Å². The smallest absolute Gasteiger partial charge is 0.316 e. The summed E-state index contributed by atoms with van der Waals surface area (Å²) in [5, 5.41) is 11.5. The summed E-state index contributed by atoms with van der Waals surface area (Å²) in [6.07, 6.45) is 3.17. The third-order valence-corrected chi connectivity index (χ3v) is 11.2. The fraction of sp³-hybridized carbons (Fsp3) is 0.684. The van der Waals surface area contributed by atoms with E-state index >= 15 is 0 Å². The molecule has 1 heterocycles. The fourth-order valence-electron chi connectivity index (χ4n) is 7.64. The first-order chi connectivity index (χ1) is 23.0. The number of Topliss-reactive ketones (excluding diaryl/α,β-unsaturated/α-hetero) is 1. The molecule has 12 heteroatoms. The van der Waals surface area contributed by atoms with Gasteiger partial charge in [-0.2, -0.15) is 0 Å². The number of nitrogens with one attached hydrogen (secondary N) is 4. The highest BCUT2D eigenvalue weighted by Crippen LogP contribution is 2.65. The number of nitrogens with two attached hydrogens (primary N) is 1. The second-order valence-electron chi connectivity index (χ2n) is 17.9. The molecule has 1 aliphatic heterocycles. The van der Waals surface area contributed by atoms with E-state index in [4.69, 9.17) is 5.73 Å². The summed E-state index contributed by atoms with van der Waals surface area (Å²) in [6, 6.07) is 4.89. The van der Waals surface area contributed by atoms with Crippen LogP contribution in [0.3, 0.4) is 0 Å². The average molecular weight is 695 g/mol. The maximum atomic E-state index is 14.4. The van der Waals surface area contributed by atoms with E-state index in [0.29, 0.717) is 13.0 Å². The number of hydrogen-bond donors (Lipinski definition) is 5. The number of piperidine rings is 1. The summed E-state index contributed by atoms with van der Waals surface area (Å²) in [5.41, 5.74) is 3.87. The highest BCUT2D eigenvalue weighted by Gasteiger charge is 2.70. The van der Waals surface area contributed by atoms with E-state index in [9.17, 15) is 28.8 Å². The number of carbonyl (C=O) groups excluding carboxylic acids is 6. The predicted molar refractivity (Wildman–Crippen MR) is 190 cm³/mol. The molecule has 6 amide bonds. The van der Waals surface area contributed by atoms with Gasteiger partial charge >= 0.3 is 6.03 Å². The number of urea groups is 1. The van der Waals surface area contributed by atoms with Crippen molar-refractivity contribution < 1.29 is 28.8 Å². The molecular weight excluding hydrogens is 636 g/mol. The van der Waals surface area contributed by atoms with Crippen LogP contribution in [0.2, 0.25) is 0 Å². The number of primary amides is 1. The molecule has 1 saturated heterocycles. The number of rotatable bonds is 12. The molecule has 50 heavy (non-hydrogen) atoms. The van der Waals surface area contributed by atoms with Gasteiger partial charge in [0.1, 0.15) is 18.1 Å². The molecule has 4 rings (SSSR count). The van der Waals surface area contributed by atoms with Gasteiger partial charge in [0.25, 0.3) is 5.91 Å². The van der Waals surface area contributed by atoms with Crippen LogP contribution in [0, 0.1) is 34.0 Å². The SMILES string of the molecule is CC(C)(NC(=O)[C@@H](NC(=O)N[C@H](C(=O)N1C[C@H]2[C@@H]([C@H]1C(=O)NC(CC1CCC1)C(=O)C(N)=O)C2(C)C)C(C)(C)C)C(C)(C)C)c1ccccc1. The van der Waals surface area contributed by atoms with Gasteiger partial charge in [0.05, 0.1) is 11.6 Å². The minimum absolute atomic E-state index is 0.0514. The molecule has 3 aliphatic rings. The summed E-state index contributed by atoms with van der Waals surface area (Å²) in [5.74, 6) is -3.15. The van der Waals surface area contributed by atoms with Gasteiger partial charge in [0, 0.05) is 6.54 Å². The predicted octanol–water partition coefficient (Wildman–Crippen LogP) is 3.38. The highest BCUT2D eigenvalue weighted by atomic mass is 16.2. The molecule has 0 spiro atoms. The Balaban J connectivity index is 1.53. The monoisotopic (exact) mass is 694 g/mol. The van der Waals surface area contributed by atoms with Gasteiger partial charge in [0.15, 0.2) is 0 Å². The maximum absolute atomic E-state index is 14.4. The van der Waals surface area contributed by atoms with E-state index in [-0.39, 0.29) is 29.1 Å². The zero-order valence-corrected chi connectivity index (χ0v) is 31.4. The van der Waals surface area contributed by atoms with Gasteiger partial charge in [-0.1, -0.05) is 105 Å². The van der Waals surface area contributed by atoms with Crippen molar-refractivity contribution in [2.45, 2.75) is 125 Å². The van der Waals surface area contributed by atoms with Gasteiger partial charge in [-0.3, -0.25) is 24.0 Å². The van der Waals surface area contributed by atoms with Crippen LogP contribution in [-0.4, -0.2) is 71.1 Å². The summed E-state index contributed by atoms with van der Waals surface area (Å²) in [6.45, 7) is 19.2. The number of benzene rings is 1. The second-order valence-corrected chi connectivity index (χ2v) is 17.9. The third kappa shape index (κ3) is 8.32. The molecule has 0 aromatic heterocycles. The number of ketones is 1. The average Bonchev–Trinajstić information content (AvgIpc) is 3.29. The molecule has 3 fully saturated rings. The summed E-state index contributed by atoms with van der Waals surface area (Å²) in [4.78, 5) is 82.0. The molecule has 1 aromatic carbocycles. The van der Waals surface area contributed by atoms with Crippen LogP contribution in [0.15, 0.2) is 30.3 Å². The molecule has 6 N–H and O–H groups in total. The Bertz CT molecular complexity index is 1490. The lowest BCUT2D eigenvalue weighted by Gasteiger charge is -2.39. The van der Waals surface area contributed by atoms with Crippen molar-refractivity contribution in [1.82, 2.24) is 26.2 Å². The first kappa shape index (κ1) is 38.8. The largest absolute Gasteiger partial charge is 0.363 e. The maximum Gasteiger partial charge on any atom is 0.316 e. The molecule has 1 unspecified atom stereocenters. The van der Waals surface area contributed by atoms with Gasteiger partial charge in [-0.25, -0.2) is 4.79 Å². The lowest BCUT2D eigenvalue weighted by atomic mass is 9.80. The molecule has 276 valence electrons. The Labute approximate surface area is 296 Å². The molecule has 0 bridgehead atoms. The fourth-order valence-corrected chi connectivity index (χ4v) is 7.64. The molecular formula is C38H58N6O6. The first-order valence-electron chi connectivity index (χ1n) is 17.9. The Morgan fingerprint density at radius 2 is 1.42 bits per heavy atom. The Hall–Kier alpha value is -3.96. The standard InChI is InChI=1S/C38H58N6O6/c1-35(2,3)28(32(48)43-38(9,10)22-17-12-11-13-18-22)41-34(50)42-29(36(4,5)6)33(49)44-20-23-25(37(23,7)8)26(44)31(47)40-24(27(45)30(39)46)19-21-15-14-16-21/h11-13,17-18,21,23-26,28-29H,14-16,19-20H2,1-10H3,(H2,39,46)(H,40,47)(H,43,48)(H2,41,42,50)/t23-,24?,25-,26-,28+,29+/m0/s1. The van der Waals surface area contributed by atoms with Crippen molar-refractivity contribution in [1.29, 1.82) is 0 Å². The Morgan fingerprint density at radius 1 is 0.860 bits per heavy atom. The van der Waals surface area contributed by atoms with Crippen LogP contribution >= 0.6 is 0 Å². The van der Waals surface area contributed by atoms with Gasteiger partial charge in [-0.05, 0) is 59.8 Å². The second kappa shape index (κ2) is 14.0. The number of carbonyl (C=O) groups is 6. The number of amides is 6. The van der Waals surface area contributed by atoms with Gasteiger partial charge in [0.2, 0.25) is 23.5 Å². The van der Waals surface area contributed by atoms with Crippen LogP contribution in [0.1, 0.15) is 100 Å². The molecule has 6 atom stereocenters. The van der Waals surface area contributed by atoms with Crippen molar-refractivity contribution in [3.8, 4) is 0 Å². The molecule has 2 saturated carbocycles. The molecule has 2 aliphatic carbocycles. The van der Waals surface area contributed by atoms with Crippen molar-refractivity contribution in [2.75, 3.05) is 6.54 Å². The van der Waals surface area contributed by atoms with Crippen molar-refractivity contribution >= 4 is 35.4 Å². The minimum atomic E-state index is -1.10. The summed E-state index contributed by atoms with van der Waals surface area (Å²) in [7, 11) is 0. The lowest BCUT2D eigenvalue weighted by Crippen LogP contribution is -2.63. The summed E-state index contributed by atoms with van der Waals surface area (Å²) < 4.78 is 0. The highest BCUT2D eigenvalue weighted by molar-refractivity contribution is 6.37. The zero-order valence-electron chi connectivity index (χ0n) is 31.4. The van der Waals surface area contributed by atoms with E-state index in [1.54, 1.807) is 0 Å². The Kier molecular flexibility index (Phi) is 10.9. The van der Waals surface area contributed by atoms with Crippen LogP contribution in [0.4, 0.5) is 4.79 Å². The van der Waals surface area contributed by atoms with Crippen LogP contribution in [0.5, 0.6) is 0 Å². The van der Waals surface area contributed by atoms with Crippen molar-refractivity contribution in [3.05, 3.63) is 35.9 Å². The third-order valence-electron chi connectivity index (χ3n) is 11.2. The van der Waals surface area contributed by atoms with E-state index in [2.05, 4.69) is 35.1 Å². The number of fused-ring (bicyclic) bond motifs is 1. The summed E-state index contributed by atoms with van der Waals surface area (Å²) >= 11 is 0. The van der Waals surface area contributed by atoms with Crippen molar-refractivity contribution in [2.24, 2.45) is 39.7 Å². The molecule has 1 aromatic rings. The number of likely N-dealkylation sites (tertiary alicyclic amines) is 1. The van der Waals surface area contributed by atoms with E-state index in [1.807, 2.05) is 85.7 Å². The first-order valence-corrected chi connectivity index (χ1v) is 17.9. The number of nitrogens with zero attached hydrogens (tertiary/aromatic N) is 1. The number of hydrogen-bond acceptors (Lipinski definition) is 6.